The average molecular weight is 720 g/mol. The first-order valence-electron chi connectivity index (χ1n) is 19.3. The van der Waals surface area contributed by atoms with Gasteiger partial charge in [-0.3, -0.25) is 9.55 Å². The highest BCUT2D eigenvalue weighted by molar-refractivity contribution is 5.99. The van der Waals surface area contributed by atoms with Crippen molar-refractivity contribution in [3.8, 4) is 56.3 Å². The number of phenolic OH excluding ortho intramolecular Hbond substituents is 1. The molecule has 0 bridgehead atoms. The van der Waals surface area contributed by atoms with Gasteiger partial charge in [0.05, 0.1) is 28.0 Å². The van der Waals surface area contributed by atoms with Gasteiger partial charge in [-0.1, -0.05) is 152 Å². The topological polar surface area (TPSA) is 50.9 Å². The Bertz CT molecular complexity index is 2700. The van der Waals surface area contributed by atoms with Gasteiger partial charge in [-0.15, -0.1) is 0 Å². The molecule has 55 heavy (non-hydrogen) atoms. The molecule has 0 aliphatic heterocycles. The molecule has 6 aromatic carbocycles. The summed E-state index contributed by atoms with van der Waals surface area (Å²) in [6.45, 7) is 17.7. The molecule has 8 rings (SSSR count). The van der Waals surface area contributed by atoms with E-state index in [1.165, 1.54) is 16.7 Å². The van der Waals surface area contributed by atoms with Crippen LogP contribution in [0.3, 0.4) is 0 Å². The summed E-state index contributed by atoms with van der Waals surface area (Å²) in [5.41, 5.74) is 12.9. The van der Waals surface area contributed by atoms with Gasteiger partial charge in [0.15, 0.2) is 0 Å². The Balaban J connectivity index is 1.43. The minimum atomic E-state index is -0.293. The van der Waals surface area contributed by atoms with E-state index in [2.05, 4.69) is 193 Å². The fraction of sp³-hybridized carbons (Fsp3) is 0.216. The summed E-state index contributed by atoms with van der Waals surface area (Å²) in [7, 11) is 0. The maximum atomic E-state index is 12.3. The number of nitrogens with zero attached hydrogens (tertiary/aromatic N) is 3. The lowest BCUT2D eigenvalue weighted by atomic mass is 9.79. The lowest BCUT2D eigenvalue weighted by molar-refractivity contribution is 0.446. The molecule has 0 unspecified atom stereocenters. The summed E-state index contributed by atoms with van der Waals surface area (Å²) in [6.07, 6.45) is 1.89. The molecular weight excluding hydrogens is 671 g/mol. The first-order chi connectivity index (χ1) is 26.3. The summed E-state index contributed by atoms with van der Waals surface area (Å²) >= 11 is 0. The van der Waals surface area contributed by atoms with Crippen LogP contribution in [0.5, 0.6) is 5.75 Å². The zero-order valence-corrected chi connectivity index (χ0v) is 33.1. The van der Waals surface area contributed by atoms with E-state index in [4.69, 9.17) is 9.97 Å². The monoisotopic (exact) mass is 719 g/mol. The van der Waals surface area contributed by atoms with Gasteiger partial charge in [-0.25, -0.2) is 4.98 Å². The smallest absolute Gasteiger partial charge is 0.149 e. The normalized spacial score (nSPS) is 12.2. The Morgan fingerprint density at radius 1 is 0.600 bits per heavy atom. The number of fused-ring (bicyclic) bond motifs is 2. The van der Waals surface area contributed by atoms with Crippen molar-refractivity contribution in [3.63, 3.8) is 0 Å². The van der Waals surface area contributed by atoms with E-state index in [1.54, 1.807) is 0 Å². The molecule has 8 aromatic rings. The summed E-state index contributed by atoms with van der Waals surface area (Å²) in [4.78, 5) is 10.4. The van der Waals surface area contributed by atoms with E-state index in [1.807, 2.05) is 6.20 Å². The molecule has 0 spiro atoms. The molecule has 0 aliphatic carbocycles. The van der Waals surface area contributed by atoms with Crippen molar-refractivity contribution in [3.05, 3.63) is 156 Å². The van der Waals surface area contributed by atoms with Gasteiger partial charge in [0.2, 0.25) is 0 Å². The van der Waals surface area contributed by atoms with E-state index in [9.17, 15) is 5.11 Å². The van der Waals surface area contributed by atoms with Crippen molar-refractivity contribution in [2.75, 3.05) is 0 Å². The second-order valence-corrected chi connectivity index (χ2v) is 17.1. The summed E-state index contributed by atoms with van der Waals surface area (Å²) in [5, 5.41) is 14.6. The van der Waals surface area contributed by atoms with Gasteiger partial charge >= 0.3 is 0 Å². The van der Waals surface area contributed by atoms with Gasteiger partial charge in [0.1, 0.15) is 11.6 Å². The molecule has 2 heterocycles. The number of pyridine rings is 1. The second kappa shape index (κ2) is 13.7. The molecule has 274 valence electrons. The third-order valence-corrected chi connectivity index (χ3v) is 10.8. The van der Waals surface area contributed by atoms with Crippen LogP contribution in [0, 0.1) is 0 Å². The number of rotatable bonds is 6. The molecule has 1 N–H and O–H groups in total. The largest absolute Gasteiger partial charge is 0.507 e. The standard InChI is InChI=1S/C51H49N3O/c1-32(2)41-29-35(33-16-10-9-11-17-33)24-25-44(41)54-45-23-15-22-40(36-19-14-20-37(28-36)46-39-21-13-12-18-34(39)26-27-52-46)47(45)53-49(54)42-30-38(50(3,4)5)31-43(48(42)55)51(6,7)8/h9-32,55H,1-8H3. The van der Waals surface area contributed by atoms with Crippen LogP contribution in [0.25, 0.3) is 72.4 Å². The van der Waals surface area contributed by atoms with Gasteiger partial charge in [0.25, 0.3) is 0 Å². The van der Waals surface area contributed by atoms with Crippen LogP contribution in [0.2, 0.25) is 0 Å². The zero-order chi connectivity index (χ0) is 38.6. The molecule has 4 nitrogen and oxygen atoms in total. The number of aromatic hydroxyl groups is 1. The van der Waals surface area contributed by atoms with E-state index in [0.717, 1.165) is 72.4 Å². The first-order valence-corrected chi connectivity index (χ1v) is 19.3. The molecule has 0 atom stereocenters. The van der Waals surface area contributed by atoms with Gasteiger partial charge < -0.3 is 5.11 Å². The Morgan fingerprint density at radius 3 is 2.05 bits per heavy atom. The average Bonchev–Trinajstić information content (AvgIpc) is 3.56. The molecule has 0 radical (unpaired) electrons. The molecule has 4 heteroatoms. The van der Waals surface area contributed by atoms with E-state index >= 15 is 0 Å². The van der Waals surface area contributed by atoms with Crippen LogP contribution in [0.4, 0.5) is 0 Å². The fourth-order valence-electron chi connectivity index (χ4n) is 7.78. The van der Waals surface area contributed by atoms with Crippen LogP contribution in [0.1, 0.15) is 78.0 Å². The highest BCUT2D eigenvalue weighted by Crippen LogP contribution is 2.45. The maximum Gasteiger partial charge on any atom is 0.149 e. The van der Waals surface area contributed by atoms with Crippen LogP contribution in [0.15, 0.2) is 140 Å². The van der Waals surface area contributed by atoms with Gasteiger partial charge in [0, 0.05) is 28.3 Å². The fourth-order valence-corrected chi connectivity index (χ4v) is 7.78. The SMILES string of the molecule is CC(C)c1cc(-c2ccccc2)ccc1-n1c(-c2cc(C(C)(C)C)cc(C(C)(C)C)c2O)nc2c(-c3cccc(-c4nccc5ccccc45)c3)cccc21. The minimum Gasteiger partial charge on any atom is -0.507 e. The first kappa shape index (κ1) is 36.0. The minimum absolute atomic E-state index is 0.152. The van der Waals surface area contributed by atoms with Crippen molar-refractivity contribution >= 4 is 21.8 Å². The number of para-hydroxylation sites is 1. The lowest BCUT2D eigenvalue weighted by Gasteiger charge is -2.28. The van der Waals surface area contributed by atoms with Crippen molar-refractivity contribution in [1.29, 1.82) is 0 Å². The third kappa shape index (κ3) is 6.61. The highest BCUT2D eigenvalue weighted by atomic mass is 16.3. The number of hydrogen-bond donors (Lipinski definition) is 1. The Morgan fingerprint density at radius 2 is 1.31 bits per heavy atom. The number of aromatic nitrogens is 3. The predicted molar refractivity (Wildman–Crippen MR) is 231 cm³/mol. The summed E-state index contributed by atoms with van der Waals surface area (Å²) in [6, 6.07) is 47.2. The van der Waals surface area contributed by atoms with E-state index in [0.29, 0.717) is 0 Å². The summed E-state index contributed by atoms with van der Waals surface area (Å²) in [5.74, 6) is 1.21. The van der Waals surface area contributed by atoms with Crippen LogP contribution in [-0.2, 0) is 10.8 Å². The lowest BCUT2D eigenvalue weighted by Crippen LogP contribution is -2.17. The summed E-state index contributed by atoms with van der Waals surface area (Å²) < 4.78 is 2.28. The number of hydrogen-bond acceptors (Lipinski definition) is 3. The number of phenols is 1. The molecule has 0 saturated heterocycles. The van der Waals surface area contributed by atoms with Crippen molar-refractivity contribution in [2.24, 2.45) is 0 Å². The Kier molecular flexibility index (Phi) is 8.96. The van der Waals surface area contributed by atoms with Crippen LogP contribution in [-0.4, -0.2) is 19.6 Å². The third-order valence-electron chi connectivity index (χ3n) is 10.8. The van der Waals surface area contributed by atoms with Crippen molar-refractivity contribution < 1.29 is 5.11 Å². The molecule has 0 saturated carbocycles. The number of benzene rings is 6. The van der Waals surface area contributed by atoms with Crippen molar-refractivity contribution in [1.82, 2.24) is 14.5 Å². The zero-order valence-electron chi connectivity index (χ0n) is 33.1. The highest BCUT2D eigenvalue weighted by Gasteiger charge is 2.29. The molecule has 0 aliphatic rings. The van der Waals surface area contributed by atoms with Gasteiger partial charge in [-0.05, 0) is 86.3 Å². The molecule has 2 aromatic heterocycles. The Hall–Kier alpha value is -6.00. The molecular formula is C51H49N3O. The van der Waals surface area contributed by atoms with Gasteiger partial charge in [-0.2, -0.15) is 0 Å². The van der Waals surface area contributed by atoms with Crippen LogP contribution < -0.4 is 0 Å². The second-order valence-electron chi connectivity index (χ2n) is 17.1. The molecule has 0 amide bonds. The van der Waals surface area contributed by atoms with Crippen LogP contribution >= 0.6 is 0 Å². The van der Waals surface area contributed by atoms with E-state index in [-0.39, 0.29) is 22.5 Å². The quantitative estimate of drug-likeness (QED) is 0.186. The maximum absolute atomic E-state index is 12.3. The number of imidazole rings is 1. The molecule has 0 fully saturated rings. The van der Waals surface area contributed by atoms with Crippen molar-refractivity contribution in [2.45, 2.75) is 72.1 Å². The van der Waals surface area contributed by atoms with E-state index < -0.39 is 0 Å². The predicted octanol–water partition coefficient (Wildman–Crippen LogP) is 13.7. The Labute approximate surface area is 325 Å².